The van der Waals surface area contributed by atoms with E-state index in [2.05, 4.69) is 5.32 Å². The van der Waals surface area contributed by atoms with E-state index in [4.69, 9.17) is 15.8 Å². The van der Waals surface area contributed by atoms with Crippen LogP contribution in [0.15, 0.2) is 0 Å². The summed E-state index contributed by atoms with van der Waals surface area (Å²) < 4.78 is 56.9. The zero-order valence-corrected chi connectivity index (χ0v) is 17.6. The molecule has 2 aliphatic rings. The van der Waals surface area contributed by atoms with Crippen LogP contribution < -0.4 is 11.1 Å². The lowest BCUT2D eigenvalue weighted by Gasteiger charge is -2.40. The number of hydrogen-bond donors (Lipinski definition) is 4. The summed E-state index contributed by atoms with van der Waals surface area (Å²) in [5, 5.41) is 20.6. The Kier molecular flexibility index (Phi) is 7.50. The van der Waals surface area contributed by atoms with Crippen molar-refractivity contribution in [3.05, 3.63) is 0 Å². The maximum absolute atomic E-state index is 13.9. The molecule has 0 aromatic rings. The molecular weight excluding hydrogens is 393 g/mol. The van der Waals surface area contributed by atoms with Crippen LogP contribution >= 0.6 is 0 Å². The number of rotatable bonds is 8. The Morgan fingerprint density at radius 3 is 2.57 bits per heavy atom. The van der Waals surface area contributed by atoms with Gasteiger partial charge in [0.05, 0.1) is 6.54 Å². The number of nitrogens with two attached hydrogens (primary N) is 1. The number of alkyl halides is 2. The van der Waals surface area contributed by atoms with Crippen molar-refractivity contribution in [2.45, 2.75) is 69.9 Å². The third-order valence-corrected chi connectivity index (χ3v) is 7.83. The average Bonchev–Trinajstić information content (AvgIpc) is 2.81. The maximum atomic E-state index is 13.9. The van der Waals surface area contributed by atoms with Crippen LogP contribution in [0.25, 0.3) is 0 Å². The van der Waals surface area contributed by atoms with Gasteiger partial charge in [0.15, 0.2) is 0 Å². The maximum Gasteiger partial charge on any atom is 0.451 e. The van der Waals surface area contributed by atoms with Gasteiger partial charge in [-0.3, -0.25) is 0 Å². The Balaban J connectivity index is 2.16. The predicted octanol–water partition coefficient (Wildman–Crippen LogP) is -0.159. The molecule has 0 radical (unpaired) electrons. The largest absolute Gasteiger partial charge is 0.451 e. The first-order chi connectivity index (χ1) is 12.8. The molecule has 0 aromatic heterocycles. The van der Waals surface area contributed by atoms with Gasteiger partial charge in [0.2, 0.25) is 0 Å². The lowest BCUT2D eigenvalue weighted by molar-refractivity contribution is -0.0433. The predicted molar refractivity (Wildman–Crippen MR) is 104 cm³/mol. The van der Waals surface area contributed by atoms with Gasteiger partial charge < -0.3 is 21.1 Å². The molecule has 5 N–H and O–H groups in total. The van der Waals surface area contributed by atoms with Crippen LogP contribution in [0.3, 0.4) is 0 Å². The van der Waals surface area contributed by atoms with Gasteiger partial charge in [0, 0.05) is 43.7 Å². The molecule has 0 aliphatic carbocycles. The number of piperidine rings is 1. The fourth-order valence-corrected chi connectivity index (χ4v) is 6.41. The van der Waals surface area contributed by atoms with E-state index in [1.54, 1.807) is 20.8 Å². The first-order valence-corrected chi connectivity index (χ1v) is 11.2. The first-order valence-electron chi connectivity index (χ1n) is 9.78. The van der Waals surface area contributed by atoms with E-state index in [1.165, 1.54) is 8.61 Å². The van der Waals surface area contributed by atoms with Crippen molar-refractivity contribution in [2.24, 2.45) is 11.7 Å². The van der Waals surface area contributed by atoms with E-state index >= 15 is 0 Å². The van der Waals surface area contributed by atoms with Gasteiger partial charge in [0.1, 0.15) is 0 Å². The Bertz CT molecular complexity index is 636. The summed E-state index contributed by atoms with van der Waals surface area (Å²) in [5.74, 6) is -3.10. The van der Waals surface area contributed by atoms with Crippen molar-refractivity contribution in [3.63, 3.8) is 0 Å². The van der Waals surface area contributed by atoms with Gasteiger partial charge in [-0.1, -0.05) is 6.42 Å². The van der Waals surface area contributed by atoms with Crippen LogP contribution in [0.5, 0.6) is 0 Å². The highest BCUT2D eigenvalue weighted by Gasteiger charge is 2.49. The van der Waals surface area contributed by atoms with Gasteiger partial charge in [0.25, 0.3) is 16.1 Å². The molecule has 2 heterocycles. The van der Waals surface area contributed by atoms with Crippen molar-refractivity contribution in [1.29, 1.82) is 0 Å². The molecule has 0 amide bonds. The van der Waals surface area contributed by atoms with E-state index in [1.807, 2.05) is 0 Å². The van der Waals surface area contributed by atoms with Gasteiger partial charge in [-0.15, -0.1) is 0 Å². The SMILES string of the molecule is CC(C)N(C1CNCC(F)(F)C1)S(=O)(=O)N1C[C@H](CCCB(O)O)[C@@](C)(N)C1. The second-order valence-electron chi connectivity index (χ2n) is 8.68. The summed E-state index contributed by atoms with van der Waals surface area (Å²) in [7, 11) is -5.38. The summed E-state index contributed by atoms with van der Waals surface area (Å²) in [5.41, 5.74) is 5.57. The molecule has 28 heavy (non-hydrogen) atoms. The Morgan fingerprint density at radius 2 is 2.04 bits per heavy atom. The van der Waals surface area contributed by atoms with Crippen LogP contribution in [0.4, 0.5) is 8.78 Å². The molecule has 0 aromatic carbocycles. The topological polar surface area (TPSA) is 119 Å². The minimum absolute atomic E-state index is 0.0987. The summed E-state index contributed by atoms with van der Waals surface area (Å²) in [6.45, 7) is 5.16. The standard InChI is InChI=1S/C16H33BF2N4O4S/c1-12(2)23(14-7-16(18,19)10-21-8-14)28(26,27)22-9-13(15(3,20)11-22)5-4-6-17(24)25/h12-14,21,24-25H,4-11,20H2,1-3H3/t13-,14?,15-/m0/s1. The highest BCUT2D eigenvalue weighted by molar-refractivity contribution is 7.86. The number of nitrogens with zero attached hydrogens (tertiary/aromatic N) is 2. The van der Waals surface area contributed by atoms with Gasteiger partial charge in [-0.25, -0.2) is 8.78 Å². The Hall–Kier alpha value is -0.365. The molecule has 164 valence electrons. The summed E-state index contributed by atoms with van der Waals surface area (Å²) in [6, 6.07) is -1.31. The summed E-state index contributed by atoms with van der Waals surface area (Å²) in [4.78, 5) is 0. The van der Waals surface area contributed by atoms with Crippen molar-refractivity contribution >= 4 is 17.3 Å². The molecule has 0 saturated carbocycles. The molecule has 3 atom stereocenters. The Labute approximate surface area is 166 Å². The van der Waals surface area contributed by atoms with Crippen LogP contribution in [-0.4, -0.2) is 83.9 Å². The van der Waals surface area contributed by atoms with E-state index in [9.17, 15) is 17.2 Å². The fourth-order valence-electron chi connectivity index (χ4n) is 4.27. The highest BCUT2D eigenvalue weighted by Crippen LogP contribution is 2.35. The minimum Gasteiger partial charge on any atom is -0.427 e. The molecule has 0 bridgehead atoms. The lowest BCUT2D eigenvalue weighted by Crippen LogP contribution is -2.59. The molecule has 0 spiro atoms. The van der Waals surface area contributed by atoms with Crippen molar-refractivity contribution in [2.75, 3.05) is 26.2 Å². The number of halogens is 2. The Morgan fingerprint density at radius 1 is 1.39 bits per heavy atom. The van der Waals surface area contributed by atoms with E-state index < -0.39 is 53.8 Å². The van der Waals surface area contributed by atoms with E-state index in [0.717, 1.165) is 0 Å². The van der Waals surface area contributed by atoms with E-state index in [-0.39, 0.29) is 31.9 Å². The summed E-state index contributed by atoms with van der Waals surface area (Å²) >= 11 is 0. The molecule has 1 unspecified atom stereocenters. The monoisotopic (exact) mass is 426 g/mol. The zero-order valence-electron chi connectivity index (χ0n) is 16.8. The highest BCUT2D eigenvalue weighted by atomic mass is 32.2. The van der Waals surface area contributed by atoms with E-state index in [0.29, 0.717) is 12.8 Å². The van der Waals surface area contributed by atoms with Crippen LogP contribution in [0, 0.1) is 5.92 Å². The first kappa shape index (κ1) is 23.9. The zero-order chi connectivity index (χ0) is 21.3. The molecular formula is C16H33BF2N4O4S. The van der Waals surface area contributed by atoms with Crippen molar-refractivity contribution in [1.82, 2.24) is 13.9 Å². The third kappa shape index (κ3) is 5.62. The van der Waals surface area contributed by atoms with Crippen LogP contribution in [-0.2, 0) is 10.2 Å². The van der Waals surface area contributed by atoms with Gasteiger partial charge >= 0.3 is 7.12 Å². The molecule has 12 heteroatoms. The lowest BCUT2D eigenvalue weighted by atomic mass is 9.79. The number of nitrogens with one attached hydrogen (secondary N) is 1. The number of hydrogen-bond acceptors (Lipinski definition) is 6. The fraction of sp³-hybridized carbons (Fsp3) is 1.00. The summed E-state index contributed by atoms with van der Waals surface area (Å²) in [6.07, 6.45) is 0.750. The second-order valence-corrected chi connectivity index (χ2v) is 10.5. The third-order valence-electron chi connectivity index (χ3n) is 5.65. The molecule has 2 aliphatic heterocycles. The molecule has 8 nitrogen and oxygen atoms in total. The smallest absolute Gasteiger partial charge is 0.427 e. The normalized spacial score (nSPS) is 31.6. The molecule has 2 rings (SSSR count). The van der Waals surface area contributed by atoms with Crippen molar-refractivity contribution in [3.8, 4) is 0 Å². The van der Waals surface area contributed by atoms with Crippen molar-refractivity contribution < 1.29 is 27.2 Å². The quantitative estimate of drug-likeness (QED) is 0.401. The molecule has 2 fully saturated rings. The minimum atomic E-state index is -3.98. The molecule has 2 saturated heterocycles. The van der Waals surface area contributed by atoms with Crippen LogP contribution in [0.2, 0.25) is 6.32 Å². The van der Waals surface area contributed by atoms with Gasteiger partial charge in [-0.2, -0.15) is 17.0 Å². The average molecular weight is 426 g/mol. The van der Waals surface area contributed by atoms with Crippen LogP contribution in [0.1, 0.15) is 40.0 Å². The second kappa shape index (κ2) is 8.79. The van der Waals surface area contributed by atoms with Gasteiger partial charge in [-0.05, 0) is 39.4 Å².